The van der Waals surface area contributed by atoms with Crippen LogP contribution in [-0.2, 0) is 18.2 Å². The molecule has 0 fully saturated rings. The van der Waals surface area contributed by atoms with Crippen LogP contribution in [0.3, 0.4) is 0 Å². The summed E-state index contributed by atoms with van der Waals surface area (Å²) in [6.45, 7) is 2.12. The molecule has 3 nitrogen and oxygen atoms in total. The van der Waals surface area contributed by atoms with Crippen LogP contribution in [0.5, 0.6) is 0 Å². The summed E-state index contributed by atoms with van der Waals surface area (Å²) in [5.41, 5.74) is 2.93. The van der Waals surface area contributed by atoms with Gasteiger partial charge in [-0.05, 0) is 24.1 Å². The Hall–Kier alpha value is -1.77. The van der Waals surface area contributed by atoms with Gasteiger partial charge in [0, 0.05) is 18.0 Å². The van der Waals surface area contributed by atoms with Crippen LogP contribution in [0.2, 0.25) is 0 Å². The van der Waals surface area contributed by atoms with E-state index >= 15 is 0 Å². The topological polar surface area (TPSA) is 31.2 Å². The first-order chi connectivity index (χ1) is 7.67. The van der Waals surface area contributed by atoms with Crippen molar-refractivity contribution in [2.75, 3.05) is 7.11 Å². The van der Waals surface area contributed by atoms with Gasteiger partial charge in [-0.15, -0.1) is 0 Å². The molecule has 16 heavy (non-hydrogen) atoms. The van der Waals surface area contributed by atoms with Gasteiger partial charge < -0.3 is 9.30 Å². The zero-order chi connectivity index (χ0) is 11.7. The Morgan fingerprint density at radius 3 is 2.75 bits per heavy atom. The predicted molar refractivity (Wildman–Crippen MR) is 63.6 cm³/mol. The van der Waals surface area contributed by atoms with Crippen molar-refractivity contribution in [2.24, 2.45) is 7.05 Å². The standard InChI is InChI=1S/C13H15NO2/c1-4-9-5-6-10-8-12(13(15)16-3)14(2)11(10)7-9/h5-8H,4H2,1-3H3. The number of ether oxygens (including phenoxy) is 1. The number of aryl methyl sites for hydroxylation is 2. The van der Waals surface area contributed by atoms with Crippen molar-refractivity contribution in [1.29, 1.82) is 0 Å². The molecule has 2 rings (SSSR count). The molecule has 1 aromatic heterocycles. The Bertz CT molecular complexity index is 540. The van der Waals surface area contributed by atoms with E-state index in [1.54, 1.807) is 0 Å². The summed E-state index contributed by atoms with van der Waals surface area (Å²) in [7, 11) is 3.28. The van der Waals surface area contributed by atoms with Gasteiger partial charge in [0.05, 0.1) is 7.11 Å². The number of carbonyl (C=O) groups is 1. The second-order valence-corrected chi connectivity index (χ2v) is 3.83. The molecule has 0 bridgehead atoms. The average molecular weight is 217 g/mol. The molecule has 0 aliphatic rings. The molecular weight excluding hydrogens is 202 g/mol. The number of hydrogen-bond donors (Lipinski definition) is 0. The highest BCUT2D eigenvalue weighted by molar-refractivity contribution is 5.95. The third-order valence-corrected chi connectivity index (χ3v) is 2.91. The number of methoxy groups -OCH3 is 1. The molecule has 0 aliphatic carbocycles. The summed E-state index contributed by atoms with van der Waals surface area (Å²) in [6.07, 6.45) is 0.995. The van der Waals surface area contributed by atoms with Crippen molar-refractivity contribution < 1.29 is 9.53 Å². The van der Waals surface area contributed by atoms with Crippen LogP contribution in [0, 0.1) is 0 Å². The lowest BCUT2D eigenvalue weighted by Gasteiger charge is -2.02. The summed E-state index contributed by atoms with van der Waals surface area (Å²) in [5.74, 6) is -0.295. The number of esters is 1. The molecule has 0 saturated carbocycles. The molecule has 0 unspecified atom stereocenters. The van der Waals surface area contributed by atoms with Crippen LogP contribution in [0.15, 0.2) is 24.3 Å². The molecule has 0 atom stereocenters. The van der Waals surface area contributed by atoms with E-state index in [9.17, 15) is 4.79 Å². The average Bonchev–Trinajstić information content (AvgIpc) is 2.65. The molecule has 0 aliphatic heterocycles. The highest BCUT2D eigenvalue weighted by Crippen LogP contribution is 2.21. The fraction of sp³-hybridized carbons (Fsp3) is 0.308. The number of carbonyl (C=O) groups excluding carboxylic acids is 1. The largest absolute Gasteiger partial charge is 0.464 e. The van der Waals surface area contributed by atoms with Crippen molar-refractivity contribution >= 4 is 16.9 Å². The maximum absolute atomic E-state index is 11.5. The Morgan fingerprint density at radius 2 is 2.12 bits per heavy atom. The smallest absolute Gasteiger partial charge is 0.354 e. The first-order valence-corrected chi connectivity index (χ1v) is 5.34. The number of hydrogen-bond acceptors (Lipinski definition) is 2. The van der Waals surface area contributed by atoms with E-state index in [0.717, 1.165) is 17.3 Å². The second kappa shape index (κ2) is 4.00. The predicted octanol–water partition coefficient (Wildman–Crippen LogP) is 2.53. The fourth-order valence-electron chi connectivity index (χ4n) is 1.90. The third-order valence-electron chi connectivity index (χ3n) is 2.91. The fourth-order valence-corrected chi connectivity index (χ4v) is 1.90. The van der Waals surface area contributed by atoms with E-state index in [-0.39, 0.29) is 5.97 Å². The van der Waals surface area contributed by atoms with Crippen LogP contribution in [-0.4, -0.2) is 17.6 Å². The highest BCUT2D eigenvalue weighted by atomic mass is 16.5. The number of rotatable bonds is 2. The van der Waals surface area contributed by atoms with Crippen molar-refractivity contribution in [3.8, 4) is 0 Å². The van der Waals surface area contributed by atoms with Crippen molar-refractivity contribution in [2.45, 2.75) is 13.3 Å². The summed E-state index contributed by atoms with van der Waals surface area (Å²) in [4.78, 5) is 11.5. The minimum absolute atomic E-state index is 0.295. The van der Waals surface area contributed by atoms with Crippen molar-refractivity contribution in [3.63, 3.8) is 0 Å². The lowest BCUT2D eigenvalue weighted by Crippen LogP contribution is -2.06. The van der Waals surface area contributed by atoms with Crippen LogP contribution in [0.4, 0.5) is 0 Å². The normalized spacial score (nSPS) is 10.7. The quantitative estimate of drug-likeness (QED) is 0.724. The van der Waals surface area contributed by atoms with E-state index in [2.05, 4.69) is 19.1 Å². The SMILES string of the molecule is CCc1ccc2cc(C(=O)OC)n(C)c2c1. The van der Waals surface area contributed by atoms with Gasteiger partial charge in [-0.1, -0.05) is 19.1 Å². The van der Waals surface area contributed by atoms with Gasteiger partial charge in [-0.25, -0.2) is 4.79 Å². The molecule has 0 N–H and O–H groups in total. The van der Waals surface area contributed by atoms with Gasteiger partial charge >= 0.3 is 5.97 Å². The summed E-state index contributed by atoms with van der Waals surface area (Å²) in [6, 6.07) is 8.10. The first kappa shape index (κ1) is 10.7. The van der Waals surface area contributed by atoms with Gasteiger partial charge in [0.15, 0.2) is 0 Å². The van der Waals surface area contributed by atoms with Gasteiger partial charge in [0.25, 0.3) is 0 Å². The molecule has 0 saturated heterocycles. The van der Waals surface area contributed by atoms with Gasteiger partial charge in [0.1, 0.15) is 5.69 Å². The Labute approximate surface area is 94.6 Å². The van der Waals surface area contributed by atoms with E-state index in [1.165, 1.54) is 12.7 Å². The summed E-state index contributed by atoms with van der Waals surface area (Å²) in [5, 5.41) is 1.07. The van der Waals surface area contributed by atoms with Gasteiger partial charge in [-0.2, -0.15) is 0 Å². The zero-order valence-electron chi connectivity index (χ0n) is 9.78. The van der Waals surface area contributed by atoms with Gasteiger partial charge in [-0.3, -0.25) is 0 Å². The molecule has 2 aromatic rings. The minimum atomic E-state index is -0.295. The molecule has 1 heterocycles. The van der Waals surface area contributed by atoms with Crippen molar-refractivity contribution in [3.05, 3.63) is 35.5 Å². The van der Waals surface area contributed by atoms with Crippen LogP contribution in [0.25, 0.3) is 10.9 Å². The highest BCUT2D eigenvalue weighted by Gasteiger charge is 2.13. The van der Waals surface area contributed by atoms with Crippen LogP contribution < -0.4 is 0 Å². The third kappa shape index (κ3) is 1.58. The number of benzene rings is 1. The number of fused-ring (bicyclic) bond motifs is 1. The Morgan fingerprint density at radius 1 is 1.38 bits per heavy atom. The second-order valence-electron chi connectivity index (χ2n) is 3.83. The van der Waals surface area contributed by atoms with E-state index in [0.29, 0.717) is 5.69 Å². The maximum Gasteiger partial charge on any atom is 0.354 e. The summed E-state index contributed by atoms with van der Waals surface area (Å²) >= 11 is 0. The molecule has 0 radical (unpaired) electrons. The molecule has 0 spiro atoms. The van der Waals surface area contributed by atoms with E-state index in [4.69, 9.17) is 4.74 Å². The molecule has 1 aromatic carbocycles. The van der Waals surface area contributed by atoms with Crippen LogP contribution >= 0.6 is 0 Å². The summed E-state index contributed by atoms with van der Waals surface area (Å²) < 4.78 is 6.62. The molecule has 84 valence electrons. The van der Waals surface area contributed by atoms with E-state index < -0.39 is 0 Å². The molecule has 3 heteroatoms. The lowest BCUT2D eigenvalue weighted by molar-refractivity contribution is 0.0590. The molecular formula is C13H15NO2. The van der Waals surface area contributed by atoms with E-state index in [1.807, 2.05) is 23.7 Å². The van der Waals surface area contributed by atoms with Gasteiger partial charge in [0.2, 0.25) is 0 Å². The number of nitrogens with zero attached hydrogens (tertiary/aromatic N) is 1. The van der Waals surface area contributed by atoms with Crippen LogP contribution in [0.1, 0.15) is 23.0 Å². The zero-order valence-corrected chi connectivity index (χ0v) is 9.78. The van der Waals surface area contributed by atoms with Crippen molar-refractivity contribution in [1.82, 2.24) is 4.57 Å². The monoisotopic (exact) mass is 217 g/mol. The Kier molecular flexibility index (Phi) is 2.69. The Balaban J connectivity index is 2.64. The number of aromatic nitrogens is 1. The maximum atomic E-state index is 11.5. The molecule has 0 amide bonds. The minimum Gasteiger partial charge on any atom is -0.464 e. The first-order valence-electron chi connectivity index (χ1n) is 5.34. The lowest BCUT2D eigenvalue weighted by atomic mass is 10.1.